The standard InChI is InChI=1S/C18H18ClFN2O3S/c1-21-18(23)13-4-2-12(3-5-13)11-22(15-7-8-15)26(24,25)17-9-6-14(19)10-16(17)20/h2-6,9-10,15H,7-8,11H2,1H3,(H,21,23). The molecule has 0 saturated heterocycles. The summed E-state index contributed by atoms with van der Waals surface area (Å²) in [5.74, 6) is -1.08. The quantitative estimate of drug-likeness (QED) is 0.815. The van der Waals surface area contributed by atoms with Gasteiger partial charge in [-0.3, -0.25) is 4.79 Å². The van der Waals surface area contributed by atoms with Crippen molar-refractivity contribution in [3.63, 3.8) is 0 Å². The Morgan fingerprint density at radius 1 is 1.23 bits per heavy atom. The van der Waals surface area contributed by atoms with Crippen LogP contribution in [0.5, 0.6) is 0 Å². The number of carbonyl (C=O) groups excluding carboxylic acids is 1. The number of sulfonamides is 1. The van der Waals surface area contributed by atoms with E-state index in [1.54, 1.807) is 24.3 Å². The smallest absolute Gasteiger partial charge is 0.251 e. The van der Waals surface area contributed by atoms with Gasteiger partial charge in [0.1, 0.15) is 10.7 Å². The van der Waals surface area contributed by atoms with Crippen molar-refractivity contribution >= 4 is 27.5 Å². The lowest BCUT2D eigenvalue weighted by atomic mass is 10.1. The summed E-state index contributed by atoms with van der Waals surface area (Å²) in [7, 11) is -2.45. The molecular formula is C18H18ClFN2O3S. The maximum Gasteiger partial charge on any atom is 0.251 e. The summed E-state index contributed by atoms with van der Waals surface area (Å²) in [5.41, 5.74) is 1.21. The Kier molecular flexibility index (Phi) is 5.32. The lowest BCUT2D eigenvalue weighted by Gasteiger charge is -2.22. The topological polar surface area (TPSA) is 66.5 Å². The Labute approximate surface area is 156 Å². The SMILES string of the molecule is CNC(=O)c1ccc(CN(C2CC2)S(=O)(=O)c2ccc(Cl)cc2F)cc1. The first-order chi connectivity index (χ1) is 12.3. The van der Waals surface area contributed by atoms with Gasteiger partial charge in [0.2, 0.25) is 10.0 Å². The molecule has 1 amide bonds. The first-order valence-electron chi connectivity index (χ1n) is 8.11. The lowest BCUT2D eigenvalue weighted by Crippen LogP contribution is -2.33. The highest BCUT2D eigenvalue weighted by atomic mass is 35.5. The molecular weight excluding hydrogens is 379 g/mol. The third-order valence-corrected chi connectivity index (χ3v) is 6.38. The number of carbonyl (C=O) groups is 1. The van der Waals surface area contributed by atoms with Crippen LogP contribution >= 0.6 is 11.6 Å². The molecule has 3 rings (SSSR count). The van der Waals surface area contributed by atoms with Gasteiger partial charge in [-0.15, -0.1) is 0 Å². The van der Waals surface area contributed by atoms with Crippen LogP contribution in [-0.4, -0.2) is 31.7 Å². The van der Waals surface area contributed by atoms with Crippen molar-refractivity contribution in [3.05, 3.63) is 64.4 Å². The minimum atomic E-state index is -3.99. The predicted molar refractivity (Wildman–Crippen MR) is 97.0 cm³/mol. The number of benzene rings is 2. The van der Waals surface area contributed by atoms with E-state index in [0.717, 1.165) is 24.5 Å². The van der Waals surface area contributed by atoms with Crippen molar-refractivity contribution in [2.75, 3.05) is 7.05 Å². The van der Waals surface area contributed by atoms with Gasteiger partial charge >= 0.3 is 0 Å². The zero-order valence-electron chi connectivity index (χ0n) is 14.1. The highest BCUT2D eigenvalue weighted by molar-refractivity contribution is 7.89. The summed E-state index contributed by atoms with van der Waals surface area (Å²) < 4.78 is 41.4. The monoisotopic (exact) mass is 396 g/mol. The van der Waals surface area contributed by atoms with Crippen LogP contribution < -0.4 is 5.32 Å². The van der Waals surface area contributed by atoms with E-state index in [1.807, 2.05) is 0 Å². The molecule has 138 valence electrons. The van der Waals surface area contributed by atoms with Crippen LogP contribution in [0.15, 0.2) is 47.4 Å². The molecule has 0 aromatic heterocycles. The summed E-state index contributed by atoms with van der Waals surface area (Å²) in [6, 6.07) is 10.1. The lowest BCUT2D eigenvalue weighted by molar-refractivity contribution is 0.0963. The number of halogens is 2. The number of hydrogen-bond donors (Lipinski definition) is 1. The fourth-order valence-corrected chi connectivity index (χ4v) is 4.55. The summed E-state index contributed by atoms with van der Waals surface area (Å²) in [6.07, 6.45) is 1.48. The molecule has 0 unspecified atom stereocenters. The average Bonchev–Trinajstić information content (AvgIpc) is 3.43. The van der Waals surface area contributed by atoms with Gasteiger partial charge in [0.15, 0.2) is 0 Å². The number of nitrogens with one attached hydrogen (secondary N) is 1. The largest absolute Gasteiger partial charge is 0.355 e. The van der Waals surface area contributed by atoms with Crippen LogP contribution in [0.25, 0.3) is 0 Å². The molecule has 0 spiro atoms. The van der Waals surface area contributed by atoms with Gasteiger partial charge in [-0.1, -0.05) is 23.7 Å². The molecule has 0 aliphatic heterocycles. The van der Waals surface area contributed by atoms with Crippen molar-refractivity contribution in [1.29, 1.82) is 0 Å². The predicted octanol–water partition coefficient (Wildman–Crippen LogP) is 3.19. The van der Waals surface area contributed by atoms with Gasteiger partial charge in [0.25, 0.3) is 5.91 Å². The van der Waals surface area contributed by atoms with Crippen molar-refractivity contribution in [3.8, 4) is 0 Å². The summed E-state index contributed by atoms with van der Waals surface area (Å²) in [6.45, 7) is 0.114. The number of hydrogen-bond acceptors (Lipinski definition) is 3. The van der Waals surface area contributed by atoms with Gasteiger partial charge < -0.3 is 5.32 Å². The molecule has 8 heteroatoms. The maximum atomic E-state index is 14.2. The van der Waals surface area contributed by atoms with Crippen molar-refractivity contribution in [2.45, 2.75) is 30.3 Å². The molecule has 5 nitrogen and oxygen atoms in total. The Hall–Kier alpha value is -1.96. The van der Waals surface area contributed by atoms with Crippen molar-refractivity contribution < 1.29 is 17.6 Å². The van der Waals surface area contributed by atoms with Crippen LogP contribution in [0, 0.1) is 5.82 Å². The minimum absolute atomic E-state index is 0.114. The molecule has 0 bridgehead atoms. The molecule has 2 aromatic rings. The molecule has 1 saturated carbocycles. The first kappa shape index (κ1) is 18.8. The van der Waals surface area contributed by atoms with Gasteiger partial charge in [-0.2, -0.15) is 4.31 Å². The molecule has 2 aromatic carbocycles. The van der Waals surface area contributed by atoms with Gasteiger partial charge in [-0.25, -0.2) is 12.8 Å². The molecule has 1 aliphatic rings. The normalized spacial score (nSPS) is 14.5. The zero-order chi connectivity index (χ0) is 18.9. The molecule has 1 aliphatic carbocycles. The van der Waals surface area contributed by atoms with E-state index in [-0.39, 0.29) is 28.4 Å². The second-order valence-corrected chi connectivity index (χ2v) is 8.43. The van der Waals surface area contributed by atoms with E-state index in [4.69, 9.17) is 11.6 Å². The number of rotatable bonds is 6. The minimum Gasteiger partial charge on any atom is -0.355 e. The molecule has 1 N–H and O–H groups in total. The second kappa shape index (κ2) is 7.34. The number of amides is 1. The Bertz CT molecular complexity index is 928. The summed E-state index contributed by atoms with van der Waals surface area (Å²) in [4.78, 5) is 11.2. The second-order valence-electron chi connectivity index (χ2n) is 6.13. The molecule has 0 radical (unpaired) electrons. The van der Waals surface area contributed by atoms with E-state index in [2.05, 4.69) is 5.32 Å². The van der Waals surface area contributed by atoms with E-state index in [9.17, 15) is 17.6 Å². The van der Waals surface area contributed by atoms with Crippen LogP contribution in [0.1, 0.15) is 28.8 Å². The zero-order valence-corrected chi connectivity index (χ0v) is 15.6. The van der Waals surface area contributed by atoms with Crippen LogP contribution in [0.3, 0.4) is 0 Å². The van der Waals surface area contributed by atoms with Crippen LogP contribution in [0.2, 0.25) is 5.02 Å². The van der Waals surface area contributed by atoms with E-state index in [0.29, 0.717) is 5.56 Å². The Balaban J connectivity index is 1.88. The Morgan fingerprint density at radius 3 is 2.42 bits per heavy atom. The fraction of sp³-hybridized carbons (Fsp3) is 0.278. The van der Waals surface area contributed by atoms with Crippen LogP contribution in [-0.2, 0) is 16.6 Å². The summed E-state index contributed by atoms with van der Waals surface area (Å²) >= 11 is 5.72. The first-order valence-corrected chi connectivity index (χ1v) is 9.92. The van der Waals surface area contributed by atoms with Crippen molar-refractivity contribution in [2.24, 2.45) is 0 Å². The molecule has 0 heterocycles. The maximum absolute atomic E-state index is 14.2. The van der Waals surface area contributed by atoms with Gasteiger partial charge in [-0.05, 0) is 48.7 Å². The number of nitrogens with zero attached hydrogens (tertiary/aromatic N) is 1. The molecule has 1 fully saturated rings. The van der Waals surface area contributed by atoms with Crippen molar-refractivity contribution in [1.82, 2.24) is 9.62 Å². The third-order valence-electron chi connectivity index (χ3n) is 4.22. The van der Waals surface area contributed by atoms with Gasteiger partial charge in [0, 0.05) is 30.2 Å². The van der Waals surface area contributed by atoms with E-state index < -0.39 is 15.8 Å². The highest BCUT2D eigenvalue weighted by Gasteiger charge is 2.39. The van der Waals surface area contributed by atoms with Crippen LogP contribution in [0.4, 0.5) is 4.39 Å². The third kappa shape index (κ3) is 3.90. The molecule has 26 heavy (non-hydrogen) atoms. The fourth-order valence-electron chi connectivity index (χ4n) is 2.67. The average molecular weight is 397 g/mol. The summed E-state index contributed by atoms with van der Waals surface area (Å²) in [5, 5.41) is 2.67. The highest BCUT2D eigenvalue weighted by Crippen LogP contribution is 2.34. The van der Waals surface area contributed by atoms with E-state index >= 15 is 0 Å². The van der Waals surface area contributed by atoms with E-state index in [1.165, 1.54) is 23.5 Å². The Morgan fingerprint density at radius 2 is 1.88 bits per heavy atom. The van der Waals surface area contributed by atoms with Gasteiger partial charge in [0.05, 0.1) is 0 Å². The molecule has 0 atom stereocenters.